The molecular weight excluding hydrogens is 260 g/mol. The molecule has 4 heteroatoms. The maximum atomic E-state index is 9.19. The van der Waals surface area contributed by atoms with Gasteiger partial charge in [-0.2, -0.15) is 5.26 Å². The van der Waals surface area contributed by atoms with Crippen molar-refractivity contribution in [3.63, 3.8) is 0 Å². The van der Waals surface area contributed by atoms with E-state index in [0.717, 1.165) is 16.9 Å². The van der Waals surface area contributed by atoms with Crippen LogP contribution in [-0.4, -0.2) is 28.5 Å². The van der Waals surface area contributed by atoms with Crippen molar-refractivity contribution in [2.24, 2.45) is 5.92 Å². The highest BCUT2D eigenvalue weighted by Crippen LogP contribution is 2.30. The molecule has 0 bridgehead atoms. The minimum Gasteiger partial charge on any atom is -0.313 e. The van der Waals surface area contributed by atoms with E-state index in [1.807, 2.05) is 0 Å². The molecule has 4 nitrogen and oxygen atoms in total. The van der Waals surface area contributed by atoms with Gasteiger partial charge in [0.2, 0.25) is 0 Å². The maximum absolute atomic E-state index is 9.19. The topological polar surface area (TPSA) is 44.9 Å². The molecule has 2 rings (SSSR count). The van der Waals surface area contributed by atoms with Gasteiger partial charge in [-0.15, -0.1) is 0 Å². The fourth-order valence-corrected chi connectivity index (χ4v) is 2.99. The zero-order valence-electron chi connectivity index (χ0n) is 13.8. The van der Waals surface area contributed by atoms with Crippen LogP contribution in [0.2, 0.25) is 0 Å². The molecule has 0 radical (unpaired) electrons. The molecule has 0 fully saturated rings. The van der Waals surface area contributed by atoms with Crippen LogP contribution in [0.25, 0.3) is 11.0 Å². The first-order chi connectivity index (χ1) is 9.86. The van der Waals surface area contributed by atoms with Crippen molar-refractivity contribution in [3.05, 3.63) is 29.1 Å². The van der Waals surface area contributed by atoms with E-state index in [1.165, 1.54) is 11.1 Å². The molecule has 1 aromatic carbocycles. The molecule has 0 aliphatic carbocycles. The molecule has 0 saturated heterocycles. The minimum absolute atomic E-state index is 0.200. The lowest BCUT2D eigenvalue weighted by molar-refractivity contribution is 0.220. The lowest BCUT2D eigenvalue weighted by Crippen LogP contribution is -2.27. The van der Waals surface area contributed by atoms with Crippen LogP contribution >= 0.6 is 0 Å². The Morgan fingerprint density at radius 1 is 1.24 bits per heavy atom. The van der Waals surface area contributed by atoms with Crippen molar-refractivity contribution in [1.29, 1.82) is 5.26 Å². The number of hydrogen-bond donors (Lipinski definition) is 0. The van der Waals surface area contributed by atoms with Gasteiger partial charge < -0.3 is 4.57 Å². The van der Waals surface area contributed by atoms with E-state index in [0.29, 0.717) is 12.5 Å². The van der Waals surface area contributed by atoms with Gasteiger partial charge >= 0.3 is 0 Å². The number of rotatable bonds is 4. The molecule has 0 aliphatic heterocycles. The number of aromatic nitrogens is 2. The number of nitriles is 1. The molecule has 0 saturated carbocycles. The monoisotopic (exact) mass is 284 g/mol. The van der Waals surface area contributed by atoms with Crippen LogP contribution < -0.4 is 0 Å². The number of imidazole rings is 1. The Hall–Kier alpha value is -1.86. The average molecular weight is 284 g/mol. The zero-order chi connectivity index (χ0) is 15.7. The molecule has 0 aliphatic rings. The molecule has 1 aromatic heterocycles. The number of fused-ring (bicyclic) bond motifs is 1. The van der Waals surface area contributed by atoms with E-state index in [1.54, 1.807) is 0 Å². The third kappa shape index (κ3) is 2.79. The van der Waals surface area contributed by atoms with Crippen LogP contribution in [0.3, 0.4) is 0 Å². The summed E-state index contributed by atoms with van der Waals surface area (Å²) in [6.07, 6.45) is 0. The molecule has 21 heavy (non-hydrogen) atoms. The van der Waals surface area contributed by atoms with Crippen molar-refractivity contribution in [2.45, 2.75) is 40.3 Å². The molecule has 0 amide bonds. The van der Waals surface area contributed by atoms with Crippen molar-refractivity contribution in [1.82, 2.24) is 14.5 Å². The third-order valence-corrected chi connectivity index (χ3v) is 4.07. The van der Waals surface area contributed by atoms with Gasteiger partial charge in [-0.05, 0) is 57.1 Å². The Morgan fingerprint density at radius 3 is 2.38 bits per heavy atom. The fraction of sp³-hybridized carbons (Fsp3) is 0.529. The number of benzene rings is 1. The van der Waals surface area contributed by atoms with Crippen LogP contribution in [0.15, 0.2) is 12.1 Å². The predicted molar refractivity (Wildman–Crippen MR) is 86.1 cm³/mol. The van der Waals surface area contributed by atoms with Gasteiger partial charge in [-0.1, -0.05) is 13.8 Å². The predicted octanol–water partition coefficient (Wildman–Crippen LogP) is 3.44. The lowest BCUT2D eigenvalue weighted by Gasteiger charge is -2.27. The molecule has 112 valence electrons. The van der Waals surface area contributed by atoms with Crippen LogP contribution in [0.1, 0.15) is 36.8 Å². The van der Waals surface area contributed by atoms with Gasteiger partial charge in [0.25, 0.3) is 0 Å². The Labute approximate surface area is 127 Å². The highest BCUT2D eigenvalue weighted by Gasteiger charge is 2.25. The summed E-state index contributed by atoms with van der Waals surface area (Å²) in [5.74, 6) is 1.41. The number of hydrogen-bond acceptors (Lipinski definition) is 3. The van der Waals surface area contributed by atoms with E-state index in [2.05, 4.69) is 69.5 Å². The normalized spacial score (nSPS) is 13.1. The molecule has 2 aromatic rings. The Bertz CT molecular complexity index is 681. The summed E-state index contributed by atoms with van der Waals surface area (Å²) in [6.45, 7) is 8.92. The highest BCUT2D eigenvalue weighted by molar-refractivity contribution is 5.78. The summed E-state index contributed by atoms with van der Waals surface area (Å²) in [4.78, 5) is 7.03. The first-order valence-corrected chi connectivity index (χ1v) is 7.37. The molecule has 1 atom stereocenters. The molecular formula is C17H24N4. The summed E-state index contributed by atoms with van der Waals surface area (Å²) >= 11 is 0. The van der Waals surface area contributed by atoms with Crippen molar-refractivity contribution in [3.8, 4) is 6.07 Å². The summed E-state index contributed by atoms with van der Waals surface area (Å²) in [7, 11) is 4.13. The second-order valence-electron chi connectivity index (χ2n) is 6.29. The zero-order valence-corrected chi connectivity index (χ0v) is 13.8. The lowest BCUT2D eigenvalue weighted by atomic mass is 10.0. The van der Waals surface area contributed by atoms with E-state index in [9.17, 15) is 5.26 Å². The van der Waals surface area contributed by atoms with Crippen molar-refractivity contribution < 1.29 is 0 Å². The van der Waals surface area contributed by atoms with Gasteiger partial charge in [0.1, 0.15) is 12.4 Å². The van der Waals surface area contributed by atoms with Gasteiger partial charge in [-0.3, -0.25) is 4.90 Å². The third-order valence-electron chi connectivity index (χ3n) is 4.07. The van der Waals surface area contributed by atoms with E-state index < -0.39 is 0 Å². The van der Waals surface area contributed by atoms with E-state index >= 15 is 0 Å². The standard InChI is InChI=1S/C17H24N4/c1-11(2)16(20(5)6)17-19-14-9-12(3)13(4)10-15(14)21(17)8-7-18/h9-11,16H,8H2,1-6H3. The van der Waals surface area contributed by atoms with E-state index in [4.69, 9.17) is 4.98 Å². The van der Waals surface area contributed by atoms with Gasteiger partial charge in [0.15, 0.2) is 0 Å². The van der Waals surface area contributed by atoms with Gasteiger partial charge in [0, 0.05) is 0 Å². The molecule has 1 unspecified atom stereocenters. The number of aryl methyl sites for hydroxylation is 2. The number of nitrogens with zero attached hydrogens (tertiary/aromatic N) is 4. The summed E-state index contributed by atoms with van der Waals surface area (Å²) in [5, 5.41) is 9.19. The van der Waals surface area contributed by atoms with Crippen LogP contribution in [0.5, 0.6) is 0 Å². The van der Waals surface area contributed by atoms with E-state index in [-0.39, 0.29) is 6.04 Å². The molecule has 0 N–H and O–H groups in total. The molecule has 0 spiro atoms. The SMILES string of the molecule is Cc1cc2nc(C(C(C)C)N(C)C)n(CC#N)c2cc1C. The quantitative estimate of drug-likeness (QED) is 0.864. The highest BCUT2D eigenvalue weighted by atomic mass is 15.2. The maximum Gasteiger partial charge on any atom is 0.128 e. The Balaban J connectivity index is 2.73. The van der Waals surface area contributed by atoms with Gasteiger partial charge in [-0.25, -0.2) is 4.98 Å². The van der Waals surface area contributed by atoms with Crippen LogP contribution in [0.4, 0.5) is 0 Å². The Kier molecular flexibility index (Phi) is 4.34. The summed E-state index contributed by atoms with van der Waals surface area (Å²) < 4.78 is 2.06. The second kappa shape index (κ2) is 5.87. The summed E-state index contributed by atoms with van der Waals surface area (Å²) in [5.41, 5.74) is 4.51. The first-order valence-electron chi connectivity index (χ1n) is 7.37. The molecule has 1 heterocycles. The summed E-state index contributed by atoms with van der Waals surface area (Å²) in [6, 6.07) is 6.74. The van der Waals surface area contributed by atoms with Gasteiger partial charge in [0.05, 0.1) is 23.1 Å². The second-order valence-corrected chi connectivity index (χ2v) is 6.29. The minimum atomic E-state index is 0.200. The van der Waals surface area contributed by atoms with Crippen molar-refractivity contribution >= 4 is 11.0 Å². The van der Waals surface area contributed by atoms with Crippen LogP contribution in [-0.2, 0) is 6.54 Å². The Morgan fingerprint density at radius 2 is 1.86 bits per heavy atom. The largest absolute Gasteiger partial charge is 0.313 e. The van der Waals surface area contributed by atoms with Crippen molar-refractivity contribution in [2.75, 3.05) is 14.1 Å². The average Bonchev–Trinajstić information content (AvgIpc) is 2.68. The van der Waals surface area contributed by atoms with Crippen LogP contribution in [0, 0.1) is 31.1 Å². The first kappa shape index (κ1) is 15.5. The fourth-order valence-electron chi connectivity index (χ4n) is 2.99. The smallest absolute Gasteiger partial charge is 0.128 e.